The fourth-order valence-electron chi connectivity index (χ4n) is 2.27. The average molecular weight is 246 g/mol. The standard InChI is InChI=1S/C12H13F3O2/c13-12(14,15)17-9-4-1-3-8(7-9)10-5-2-6-11(10)16/h1,3-4,7,10-11,16H,2,5-6H2/t10-,11+/m0/s1. The highest BCUT2D eigenvalue weighted by Crippen LogP contribution is 2.36. The Kier molecular flexibility index (Phi) is 3.28. The Morgan fingerprint density at radius 3 is 2.59 bits per heavy atom. The molecule has 2 atom stereocenters. The number of alkyl halides is 3. The number of benzene rings is 1. The molecule has 0 heterocycles. The fourth-order valence-corrected chi connectivity index (χ4v) is 2.27. The van der Waals surface area contributed by atoms with Crippen molar-refractivity contribution < 1.29 is 23.0 Å². The summed E-state index contributed by atoms with van der Waals surface area (Å²) in [4.78, 5) is 0. The van der Waals surface area contributed by atoms with Crippen LogP contribution >= 0.6 is 0 Å². The zero-order chi connectivity index (χ0) is 12.5. The van der Waals surface area contributed by atoms with E-state index in [2.05, 4.69) is 4.74 Å². The predicted octanol–water partition coefficient (Wildman–Crippen LogP) is 3.21. The molecule has 2 rings (SSSR count). The van der Waals surface area contributed by atoms with E-state index in [0.717, 1.165) is 12.8 Å². The van der Waals surface area contributed by atoms with Gasteiger partial charge in [-0.1, -0.05) is 18.6 Å². The van der Waals surface area contributed by atoms with Gasteiger partial charge in [0.25, 0.3) is 0 Å². The van der Waals surface area contributed by atoms with Gasteiger partial charge in [0.2, 0.25) is 0 Å². The van der Waals surface area contributed by atoms with Gasteiger partial charge in [-0.25, -0.2) is 0 Å². The van der Waals surface area contributed by atoms with Crippen molar-refractivity contribution in [1.82, 2.24) is 0 Å². The third-order valence-electron chi connectivity index (χ3n) is 3.00. The SMILES string of the molecule is O[C@@H]1CCC[C@H]1c1cccc(OC(F)(F)F)c1. The molecule has 1 aliphatic rings. The second kappa shape index (κ2) is 4.56. The quantitative estimate of drug-likeness (QED) is 0.868. The lowest BCUT2D eigenvalue weighted by Gasteiger charge is -2.16. The fraction of sp³-hybridized carbons (Fsp3) is 0.500. The molecule has 0 aliphatic heterocycles. The van der Waals surface area contributed by atoms with Crippen LogP contribution in [0.25, 0.3) is 0 Å². The summed E-state index contributed by atoms with van der Waals surface area (Å²) in [5, 5.41) is 9.70. The molecule has 1 aliphatic carbocycles. The van der Waals surface area contributed by atoms with Crippen LogP contribution in [0.1, 0.15) is 30.7 Å². The summed E-state index contributed by atoms with van der Waals surface area (Å²) in [5.41, 5.74) is 0.705. The third-order valence-corrected chi connectivity index (χ3v) is 3.00. The van der Waals surface area contributed by atoms with E-state index in [1.807, 2.05) is 0 Å². The van der Waals surface area contributed by atoms with Crippen LogP contribution in [-0.4, -0.2) is 17.6 Å². The van der Waals surface area contributed by atoms with Gasteiger partial charge < -0.3 is 9.84 Å². The molecule has 0 radical (unpaired) electrons. The molecule has 1 N–H and O–H groups in total. The van der Waals surface area contributed by atoms with Crippen molar-refractivity contribution in [1.29, 1.82) is 0 Å². The van der Waals surface area contributed by atoms with Crippen LogP contribution in [0.3, 0.4) is 0 Å². The second-order valence-corrected chi connectivity index (χ2v) is 4.23. The first-order valence-corrected chi connectivity index (χ1v) is 5.49. The van der Waals surface area contributed by atoms with E-state index in [1.54, 1.807) is 6.07 Å². The van der Waals surface area contributed by atoms with E-state index in [1.165, 1.54) is 18.2 Å². The average Bonchev–Trinajstić information content (AvgIpc) is 2.62. The lowest BCUT2D eigenvalue weighted by Crippen LogP contribution is -2.17. The number of hydrogen-bond donors (Lipinski definition) is 1. The van der Waals surface area contributed by atoms with Crippen LogP contribution in [0.2, 0.25) is 0 Å². The number of aliphatic hydroxyl groups excluding tert-OH is 1. The molecule has 0 amide bonds. The highest BCUT2D eigenvalue weighted by atomic mass is 19.4. The Hall–Kier alpha value is -1.23. The second-order valence-electron chi connectivity index (χ2n) is 4.23. The molecule has 1 aromatic rings. The van der Waals surface area contributed by atoms with Crippen molar-refractivity contribution in [3.63, 3.8) is 0 Å². The number of ether oxygens (including phenoxy) is 1. The number of halogens is 3. The van der Waals surface area contributed by atoms with Crippen LogP contribution < -0.4 is 4.74 Å². The van der Waals surface area contributed by atoms with E-state index in [0.29, 0.717) is 12.0 Å². The van der Waals surface area contributed by atoms with Crippen molar-refractivity contribution in [3.05, 3.63) is 29.8 Å². The first kappa shape index (κ1) is 12.2. The summed E-state index contributed by atoms with van der Waals surface area (Å²) in [7, 11) is 0. The molecule has 0 spiro atoms. The summed E-state index contributed by atoms with van der Waals surface area (Å²) < 4.78 is 40.0. The number of hydrogen-bond acceptors (Lipinski definition) is 2. The van der Waals surface area contributed by atoms with Crippen molar-refractivity contribution in [3.8, 4) is 5.75 Å². The molecule has 94 valence electrons. The minimum Gasteiger partial charge on any atom is -0.406 e. The highest BCUT2D eigenvalue weighted by molar-refractivity contribution is 5.32. The molecule has 5 heteroatoms. The predicted molar refractivity (Wildman–Crippen MR) is 55.7 cm³/mol. The first-order valence-electron chi connectivity index (χ1n) is 5.49. The molecular formula is C12H13F3O2. The first-order chi connectivity index (χ1) is 7.96. The van der Waals surface area contributed by atoms with Crippen LogP contribution in [0, 0.1) is 0 Å². The Morgan fingerprint density at radius 1 is 1.24 bits per heavy atom. The van der Waals surface area contributed by atoms with E-state index < -0.39 is 12.5 Å². The van der Waals surface area contributed by atoms with Crippen molar-refractivity contribution in [2.45, 2.75) is 37.6 Å². The van der Waals surface area contributed by atoms with Gasteiger partial charge in [-0.3, -0.25) is 0 Å². The van der Waals surface area contributed by atoms with Gasteiger partial charge in [0.05, 0.1) is 6.10 Å². The molecule has 2 nitrogen and oxygen atoms in total. The maximum atomic E-state index is 12.1. The van der Waals surface area contributed by atoms with Crippen LogP contribution in [0.5, 0.6) is 5.75 Å². The zero-order valence-corrected chi connectivity index (χ0v) is 9.07. The Labute approximate surface area is 97.0 Å². The Morgan fingerprint density at radius 2 is 2.00 bits per heavy atom. The molecular weight excluding hydrogens is 233 g/mol. The Bertz CT molecular complexity index is 390. The summed E-state index contributed by atoms with van der Waals surface area (Å²) in [6.07, 6.45) is -2.73. The third kappa shape index (κ3) is 3.12. The van der Waals surface area contributed by atoms with Crippen LogP contribution in [0.4, 0.5) is 13.2 Å². The summed E-state index contributed by atoms with van der Waals surface area (Å²) in [6.45, 7) is 0. The van der Waals surface area contributed by atoms with E-state index in [9.17, 15) is 18.3 Å². The summed E-state index contributed by atoms with van der Waals surface area (Å²) in [5.74, 6) is -0.305. The molecule has 0 aromatic heterocycles. The van der Waals surface area contributed by atoms with Gasteiger partial charge >= 0.3 is 6.36 Å². The van der Waals surface area contributed by atoms with Crippen molar-refractivity contribution in [2.24, 2.45) is 0 Å². The summed E-state index contributed by atoms with van der Waals surface area (Å²) in [6, 6.07) is 5.86. The monoisotopic (exact) mass is 246 g/mol. The Balaban J connectivity index is 2.16. The molecule has 0 saturated heterocycles. The highest BCUT2D eigenvalue weighted by Gasteiger charge is 2.32. The molecule has 1 fully saturated rings. The maximum Gasteiger partial charge on any atom is 0.573 e. The minimum atomic E-state index is -4.67. The normalized spacial score (nSPS) is 24.9. The molecule has 0 bridgehead atoms. The maximum absolute atomic E-state index is 12.1. The largest absolute Gasteiger partial charge is 0.573 e. The van der Waals surface area contributed by atoms with Gasteiger partial charge in [-0.05, 0) is 30.5 Å². The summed E-state index contributed by atoms with van der Waals surface area (Å²) >= 11 is 0. The van der Waals surface area contributed by atoms with Crippen molar-refractivity contribution >= 4 is 0 Å². The van der Waals surface area contributed by atoms with E-state index in [4.69, 9.17) is 0 Å². The van der Waals surface area contributed by atoms with Gasteiger partial charge in [-0.2, -0.15) is 0 Å². The zero-order valence-electron chi connectivity index (χ0n) is 9.07. The van der Waals surface area contributed by atoms with Crippen LogP contribution in [0.15, 0.2) is 24.3 Å². The van der Waals surface area contributed by atoms with Crippen LogP contribution in [-0.2, 0) is 0 Å². The van der Waals surface area contributed by atoms with E-state index in [-0.39, 0.29) is 11.7 Å². The lowest BCUT2D eigenvalue weighted by molar-refractivity contribution is -0.274. The van der Waals surface area contributed by atoms with Gasteiger partial charge in [0.15, 0.2) is 0 Å². The van der Waals surface area contributed by atoms with Gasteiger partial charge in [0.1, 0.15) is 5.75 Å². The minimum absolute atomic E-state index is 0.0771. The molecule has 17 heavy (non-hydrogen) atoms. The lowest BCUT2D eigenvalue weighted by atomic mass is 9.96. The molecule has 1 saturated carbocycles. The molecule has 1 aromatic carbocycles. The smallest absolute Gasteiger partial charge is 0.406 e. The number of rotatable bonds is 2. The number of aliphatic hydroxyl groups is 1. The van der Waals surface area contributed by atoms with Gasteiger partial charge in [0, 0.05) is 5.92 Å². The van der Waals surface area contributed by atoms with Gasteiger partial charge in [-0.15, -0.1) is 13.2 Å². The van der Waals surface area contributed by atoms with E-state index >= 15 is 0 Å². The molecule has 0 unspecified atom stereocenters. The topological polar surface area (TPSA) is 29.5 Å². The van der Waals surface area contributed by atoms with Crippen molar-refractivity contribution in [2.75, 3.05) is 0 Å².